The number of phenols is 1. The van der Waals surface area contributed by atoms with Gasteiger partial charge in [0, 0.05) is 5.56 Å². The number of phenolic OH excluding ortho intramolecular Hbond substituents is 1. The van der Waals surface area contributed by atoms with Gasteiger partial charge in [-0.1, -0.05) is 18.5 Å². The Labute approximate surface area is 117 Å². The number of hydrogen-bond acceptors (Lipinski definition) is 3. The van der Waals surface area contributed by atoms with E-state index in [-0.39, 0.29) is 16.3 Å². The molecule has 0 spiro atoms. The van der Waals surface area contributed by atoms with Crippen LogP contribution in [0.3, 0.4) is 0 Å². The molecule has 0 aliphatic rings. The van der Waals surface area contributed by atoms with E-state index in [0.29, 0.717) is 28.0 Å². The number of nitrogens with zero attached hydrogens (tertiary/aromatic N) is 1. The summed E-state index contributed by atoms with van der Waals surface area (Å²) in [5.74, 6) is 0.428. The molecule has 0 aliphatic carbocycles. The Morgan fingerprint density at radius 3 is 2.83 bits per heavy atom. The van der Waals surface area contributed by atoms with E-state index in [1.165, 1.54) is 6.07 Å². The molecule has 2 N–H and O–H groups in total. The zero-order chi connectivity index (χ0) is 13.3. The van der Waals surface area contributed by atoms with Gasteiger partial charge in [0.1, 0.15) is 16.0 Å². The molecule has 6 heteroatoms. The normalized spacial score (nSPS) is 10.6. The van der Waals surface area contributed by atoms with Crippen molar-refractivity contribution in [2.45, 2.75) is 13.3 Å². The predicted molar refractivity (Wildman–Crippen MR) is 74.0 cm³/mol. The second-order valence-corrected chi connectivity index (χ2v) is 4.90. The number of hydrogen-bond donors (Lipinski definition) is 2. The molecule has 0 aliphatic heterocycles. The second-order valence-electron chi connectivity index (χ2n) is 3.69. The molecule has 1 aromatic carbocycles. The van der Waals surface area contributed by atoms with Crippen LogP contribution in [-0.4, -0.2) is 15.1 Å². The van der Waals surface area contributed by atoms with E-state index in [9.17, 15) is 9.90 Å². The van der Waals surface area contributed by atoms with Gasteiger partial charge >= 0.3 is 0 Å². The van der Waals surface area contributed by atoms with Crippen LogP contribution in [0.4, 0.5) is 0 Å². The minimum Gasteiger partial charge on any atom is -0.506 e. The van der Waals surface area contributed by atoms with E-state index in [2.05, 4.69) is 25.9 Å². The van der Waals surface area contributed by atoms with Gasteiger partial charge in [0.15, 0.2) is 0 Å². The molecule has 1 aromatic heterocycles. The van der Waals surface area contributed by atoms with E-state index in [0.717, 1.165) is 0 Å². The third kappa shape index (κ3) is 2.42. The van der Waals surface area contributed by atoms with Gasteiger partial charge in [-0.05, 0) is 40.5 Å². The summed E-state index contributed by atoms with van der Waals surface area (Å²) in [5.41, 5.74) is 1.09. The fourth-order valence-electron chi connectivity index (χ4n) is 1.53. The topological polar surface area (TPSA) is 66.0 Å². The Bertz CT molecular complexity index is 655. The molecule has 4 nitrogen and oxygen atoms in total. The molecule has 0 radical (unpaired) electrons. The Kier molecular flexibility index (Phi) is 3.73. The van der Waals surface area contributed by atoms with Gasteiger partial charge in [0.2, 0.25) is 0 Å². The van der Waals surface area contributed by atoms with E-state index < -0.39 is 0 Å². The summed E-state index contributed by atoms with van der Waals surface area (Å²) in [6.45, 7) is 1.92. The molecular formula is C12H10BrClN2O2. The van der Waals surface area contributed by atoms with Crippen molar-refractivity contribution in [2.24, 2.45) is 0 Å². The van der Waals surface area contributed by atoms with Crippen molar-refractivity contribution in [3.05, 3.63) is 43.7 Å². The Balaban J connectivity index is 2.60. The summed E-state index contributed by atoms with van der Waals surface area (Å²) >= 11 is 9.03. The highest BCUT2D eigenvalue weighted by Gasteiger charge is 2.10. The van der Waals surface area contributed by atoms with Gasteiger partial charge in [0.05, 0.1) is 10.7 Å². The van der Waals surface area contributed by atoms with Crippen molar-refractivity contribution < 1.29 is 5.11 Å². The zero-order valence-electron chi connectivity index (χ0n) is 9.50. The van der Waals surface area contributed by atoms with Crippen molar-refractivity contribution >= 4 is 27.5 Å². The maximum absolute atomic E-state index is 11.7. The molecular weight excluding hydrogens is 320 g/mol. The molecule has 94 valence electrons. The van der Waals surface area contributed by atoms with Gasteiger partial charge in [-0.2, -0.15) is 0 Å². The quantitative estimate of drug-likeness (QED) is 0.889. The summed E-state index contributed by atoms with van der Waals surface area (Å²) in [4.78, 5) is 18.7. The molecule has 0 atom stereocenters. The largest absolute Gasteiger partial charge is 0.506 e. The molecule has 0 saturated carbocycles. The number of halogens is 2. The number of aromatic nitrogens is 2. The first-order valence-electron chi connectivity index (χ1n) is 5.30. The van der Waals surface area contributed by atoms with Crippen LogP contribution in [0.25, 0.3) is 11.4 Å². The summed E-state index contributed by atoms with van der Waals surface area (Å²) in [7, 11) is 0. The Morgan fingerprint density at radius 1 is 1.50 bits per heavy atom. The lowest BCUT2D eigenvalue weighted by molar-refractivity contribution is 0.475. The number of aromatic hydroxyl groups is 1. The zero-order valence-corrected chi connectivity index (χ0v) is 11.8. The van der Waals surface area contributed by atoms with Crippen molar-refractivity contribution in [1.82, 2.24) is 9.97 Å². The van der Waals surface area contributed by atoms with Crippen molar-refractivity contribution in [3.8, 4) is 17.1 Å². The van der Waals surface area contributed by atoms with Gasteiger partial charge in [-0.25, -0.2) is 4.98 Å². The van der Waals surface area contributed by atoms with Crippen molar-refractivity contribution in [3.63, 3.8) is 0 Å². The van der Waals surface area contributed by atoms with Crippen LogP contribution < -0.4 is 5.56 Å². The fraction of sp³-hybridized carbons (Fsp3) is 0.167. The number of benzene rings is 1. The van der Waals surface area contributed by atoms with Crippen LogP contribution in [0, 0.1) is 0 Å². The average molecular weight is 330 g/mol. The van der Waals surface area contributed by atoms with Crippen molar-refractivity contribution in [2.75, 3.05) is 0 Å². The number of rotatable bonds is 2. The number of aromatic amines is 1. The maximum Gasteiger partial charge on any atom is 0.265 e. The highest BCUT2D eigenvalue weighted by molar-refractivity contribution is 9.10. The van der Waals surface area contributed by atoms with Crippen LogP contribution in [0.1, 0.15) is 12.6 Å². The Morgan fingerprint density at radius 2 is 2.22 bits per heavy atom. The Hall–Kier alpha value is -1.33. The van der Waals surface area contributed by atoms with Crippen LogP contribution in [-0.2, 0) is 6.42 Å². The lowest BCUT2D eigenvalue weighted by Gasteiger charge is -2.06. The summed E-state index contributed by atoms with van der Waals surface area (Å²) in [6.07, 6.45) is 0.642. The SMILES string of the molecule is CCc1nc(-c2ccc(O)c(Cl)c2)[nH]c(=O)c1Br. The van der Waals surface area contributed by atoms with Crippen LogP contribution >= 0.6 is 27.5 Å². The monoisotopic (exact) mass is 328 g/mol. The van der Waals surface area contributed by atoms with E-state index >= 15 is 0 Å². The second kappa shape index (κ2) is 5.12. The molecule has 2 aromatic rings. The van der Waals surface area contributed by atoms with E-state index in [4.69, 9.17) is 11.6 Å². The smallest absolute Gasteiger partial charge is 0.265 e. The maximum atomic E-state index is 11.7. The van der Waals surface area contributed by atoms with Crippen molar-refractivity contribution in [1.29, 1.82) is 0 Å². The lowest BCUT2D eigenvalue weighted by atomic mass is 10.2. The molecule has 2 rings (SSSR count). The first kappa shape index (κ1) is 13.1. The molecule has 0 bridgehead atoms. The summed E-state index contributed by atoms with van der Waals surface area (Å²) in [6, 6.07) is 4.67. The molecule has 0 saturated heterocycles. The van der Waals surface area contributed by atoms with Gasteiger partial charge < -0.3 is 10.1 Å². The van der Waals surface area contributed by atoms with E-state index in [1.54, 1.807) is 12.1 Å². The van der Waals surface area contributed by atoms with Gasteiger partial charge in [-0.3, -0.25) is 4.79 Å². The summed E-state index contributed by atoms with van der Waals surface area (Å²) in [5, 5.41) is 9.58. The predicted octanol–water partition coefficient (Wildman–Crippen LogP) is 3.12. The molecule has 18 heavy (non-hydrogen) atoms. The number of nitrogens with one attached hydrogen (secondary N) is 1. The fourth-order valence-corrected chi connectivity index (χ4v) is 2.18. The molecule has 0 unspecified atom stereocenters. The highest BCUT2D eigenvalue weighted by atomic mass is 79.9. The first-order valence-corrected chi connectivity index (χ1v) is 6.47. The summed E-state index contributed by atoms with van der Waals surface area (Å²) < 4.78 is 0.443. The average Bonchev–Trinajstić information content (AvgIpc) is 2.36. The van der Waals surface area contributed by atoms with Crippen LogP contribution in [0.5, 0.6) is 5.75 Å². The standard InChI is InChI=1S/C12H10BrClN2O2/c1-2-8-10(13)12(18)16-11(15-8)6-3-4-9(17)7(14)5-6/h3-5,17H,2H2,1H3,(H,15,16,18). The molecule has 1 heterocycles. The van der Waals surface area contributed by atoms with Gasteiger partial charge in [0.25, 0.3) is 5.56 Å². The van der Waals surface area contributed by atoms with E-state index in [1.807, 2.05) is 6.92 Å². The number of H-pyrrole nitrogens is 1. The van der Waals surface area contributed by atoms with Gasteiger partial charge in [-0.15, -0.1) is 0 Å². The lowest BCUT2D eigenvalue weighted by Crippen LogP contribution is -2.13. The van der Waals surface area contributed by atoms with Crippen LogP contribution in [0.2, 0.25) is 5.02 Å². The third-order valence-corrected chi connectivity index (χ3v) is 3.61. The molecule has 0 fully saturated rings. The first-order chi connectivity index (χ1) is 8.52. The number of aryl methyl sites for hydroxylation is 1. The van der Waals surface area contributed by atoms with Crippen LogP contribution in [0.15, 0.2) is 27.5 Å². The minimum absolute atomic E-state index is 0.00408. The molecule has 0 amide bonds. The third-order valence-electron chi connectivity index (χ3n) is 2.49. The minimum atomic E-state index is -0.235. The highest BCUT2D eigenvalue weighted by Crippen LogP contribution is 2.27.